The van der Waals surface area contributed by atoms with Crippen molar-refractivity contribution in [2.45, 2.75) is 67.7 Å². The number of aryl methyl sites for hydroxylation is 1. The minimum Gasteiger partial charge on any atom is -0.473 e. The summed E-state index contributed by atoms with van der Waals surface area (Å²) in [5, 5.41) is 0. The number of rotatable bonds is 5. The first-order valence-corrected chi connectivity index (χ1v) is 9.91. The average Bonchev–Trinajstić information content (AvgIpc) is 3.25. The Bertz CT molecular complexity index is 683. The summed E-state index contributed by atoms with van der Waals surface area (Å²) < 4.78 is 5.98. The van der Waals surface area contributed by atoms with Crippen LogP contribution in [0.4, 0.5) is 5.95 Å². The molecule has 4 nitrogen and oxygen atoms in total. The lowest BCUT2D eigenvalue weighted by molar-refractivity contribution is 0.335. The molecule has 0 amide bonds. The molecule has 2 heterocycles. The van der Waals surface area contributed by atoms with E-state index in [1.165, 1.54) is 36.0 Å². The van der Waals surface area contributed by atoms with Crippen molar-refractivity contribution in [1.29, 1.82) is 0 Å². The lowest BCUT2D eigenvalue weighted by atomic mass is 10.1. The van der Waals surface area contributed by atoms with Gasteiger partial charge >= 0.3 is 0 Å². The van der Waals surface area contributed by atoms with E-state index in [4.69, 9.17) is 4.74 Å². The molecule has 3 rings (SSSR count). The van der Waals surface area contributed by atoms with Crippen molar-refractivity contribution in [2.75, 3.05) is 24.6 Å². The van der Waals surface area contributed by atoms with E-state index in [0.717, 1.165) is 24.6 Å². The van der Waals surface area contributed by atoms with Gasteiger partial charge in [-0.3, -0.25) is 0 Å². The number of anilines is 1. The third-order valence-corrected chi connectivity index (χ3v) is 5.28. The number of hydrogen-bond acceptors (Lipinski definition) is 4. The highest BCUT2D eigenvalue weighted by atomic mass is 16.5. The molecule has 0 bridgehead atoms. The first-order valence-electron chi connectivity index (χ1n) is 9.91. The second-order valence-electron chi connectivity index (χ2n) is 7.79. The summed E-state index contributed by atoms with van der Waals surface area (Å²) in [5.74, 6) is 1.53. The van der Waals surface area contributed by atoms with Crippen LogP contribution in [-0.4, -0.2) is 29.7 Å². The monoisotopic (exact) mass is 357 g/mol. The molecule has 1 aromatic heterocycles. The predicted molar refractivity (Wildman–Crippen MR) is 110 cm³/mol. The summed E-state index contributed by atoms with van der Waals surface area (Å²) in [5.41, 5.74) is 5.40. The zero-order valence-electron chi connectivity index (χ0n) is 17.6. The second-order valence-corrected chi connectivity index (χ2v) is 7.79. The lowest BCUT2D eigenvalue weighted by Gasteiger charge is -2.17. The second kappa shape index (κ2) is 8.70. The Morgan fingerprint density at radius 3 is 2.46 bits per heavy atom. The topological polar surface area (TPSA) is 38.2 Å². The molecule has 1 saturated heterocycles. The molecule has 1 spiro atoms. The van der Waals surface area contributed by atoms with Crippen molar-refractivity contribution < 1.29 is 4.74 Å². The smallest absolute Gasteiger partial charge is 0.228 e. The molecule has 144 valence electrons. The number of nitrogens with zero attached hydrogens (tertiary/aromatic N) is 3. The molecule has 1 aliphatic heterocycles. The molecule has 0 unspecified atom stereocenters. The highest BCUT2D eigenvalue weighted by Crippen LogP contribution is 2.53. The van der Waals surface area contributed by atoms with Gasteiger partial charge in [-0.2, -0.15) is 4.98 Å². The molecule has 1 aliphatic carbocycles. The Hall–Kier alpha value is -1.84. The molecule has 0 radical (unpaired) electrons. The molecule has 26 heavy (non-hydrogen) atoms. The van der Waals surface area contributed by atoms with Gasteiger partial charge in [0.25, 0.3) is 0 Å². The van der Waals surface area contributed by atoms with Crippen LogP contribution >= 0.6 is 0 Å². The van der Waals surface area contributed by atoms with Gasteiger partial charge in [0, 0.05) is 24.8 Å². The SMILES string of the molecule is CC.CC(C)=C(C)/C=C(\C)COc1nc(N2CCC3(CC3)C2)ncc1C. The maximum absolute atomic E-state index is 5.98. The maximum Gasteiger partial charge on any atom is 0.228 e. The molecule has 1 saturated carbocycles. The van der Waals surface area contributed by atoms with Gasteiger partial charge in [-0.25, -0.2) is 4.98 Å². The van der Waals surface area contributed by atoms with Gasteiger partial charge in [0.1, 0.15) is 6.61 Å². The van der Waals surface area contributed by atoms with Crippen LogP contribution in [0.2, 0.25) is 0 Å². The number of ether oxygens (including phenoxy) is 1. The average molecular weight is 358 g/mol. The minimum atomic E-state index is 0.561. The fourth-order valence-electron chi connectivity index (χ4n) is 3.14. The van der Waals surface area contributed by atoms with E-state index in [1.54, 1.807) is 0 Å². The predicted octanol–water partition coefficient (Wildman–Crippen LogP) is 5.48. The molecular formula is C22H35N3O. The molecule has 0 aromatic carbocycles. The quantitative estimate of drug-likeness (QED) is 0.654. The van der Waals surface area contributed by atoms with Crippen LogP contribution in [0.3, 0.4) is 0 Å². The Morgan fingerprint density at radius 2 is 1.88 bits per heavy atom. The van der Waals surface area contributed by atoms with Crippen LogP contribution in [-0.2, 0) is 0 Å². The number of aromatic nitrogens is 2. The normalized spacial score (nSPS) is 17.7. The number of allylic oxidation sites excluding steroid dienone is 3. The summed E-state index contributed by atoms with van der Waals surface area (Å²) in [6, 6.07) is 0. The van der Waals surface area contributed by atoms with Gasteiger partial charge in [0.15, 0.2) is 0 Å². The van der Waals surface area contributed by atoms with Gasteiger partial charge in [-0.1, -0.05) is 31.1 Å². The third kappa shape index (κ3) is 5.09. The van der Waals surface area contributed by atoms with E-state index in [-0.39, 0.29) is 0 Å². The molecule has 1 aromatic rings. The van der Waals surface area contributed by atoms with Gasteiger partial charge < -0.3 is 9.64 Å². The number of hydrogen-bond donors (Lipinski definition) is 0. The van der Waals surface area contributed by atoms with E-state index in [9.17, 15) is 0 Å². The maximum atomic E-state index is 5.98. The standard InChI is InChI=1S/C20H29N3O.C2H6/c1-14(2)16(4)10-15(3)12-24-18-17(5)11-21-19(22-18)23-9-8-20(13-23)6-7-20;1-2/h10-11H,6-9,12-13H2,1-5H3;1-2H3/b15-10+;. The van der Waals surface area contributed by atoms with Crippen LogP contribution in [0.5, 0.6) is 5.88 Å². The van der Waals surface area contributed by atoms with Crippen molar-refractivity contribution in [3.8, 4) is 5.88 Å². The molecule has 0 N–H and O–H groups in total. The summed E-state index contributed by atoms with van der Waals surface area (Å²) in [6.07, 6.45) is 8.09. The van der Waals surface area contributed by atoms with Crippen LogP contribution in [0.1, 0.15) is 66.4 Å². The zero-order chi connectivity index (χ0) is 19.3. The first-order chi connectivity index (χ1) is 12.4. The molecule has 2 fully saturated rings. The van der Waals surface area contributed by atoms with Crippen molar-refractivity contribution in [3.63, 3.8) is 0 Å². The van der Waals surface area contributed by atoms with Gasteiger partial charge in [0.05, 0.1) is 0 Å². The largest absolute Gasteiger partial charge is 0.473 e. The van der Waals surface area contributed by atoms with E-state index in [1.807, 2.05) is 27.0 Å². The fourth-order valence-corrected chi connectivity index (χ4v) is 3.14. The van der Waals surface area contributed by atoms with Crippen LogP contribution in [0.15, 0.2) is 29.0 Å². The fraction of sp³-hybridized carbons (Fsp3) is 0.636. The van der Waals surface area contributed by atoms with Crippen LogP contribution in [0.25, 0.3) is 0 Å². The molecular weight excluding hydrogens is 322 g/mol. The summed E-state index contributed by atoms with van der Waals surface area (Å²) in [4.78, 5) is 11.5. The molecule has 4 heteroatoms. The van der Waals surface area contributed by atoms with Crippen molar-refractivity contribution >= 4 is 5.95 Å². The van der Waals surface area contributed by atoms with E-state index in [0.29, 0.717) is 17.9 Å². The Balaban J connectivity index is 0.00000117. The van der Waals surface area contributed by atoms with Crippen molar-refractivity contribution in [3.05, 3.63) is 34.6 Å². The van der Waals surface area contributed by atoms with E-state index < -0.39 is 0 Å². The molecule has 0 atom stereocenters. The summed E-state index contributed by atoms with van der Waals surface area (Å²) in [6.45, 7) is 17.2. The Morgan fingerprint density at radius 1 is 1.19 bits per heavy atom. The highest BCUT2D eigenvalue weighted by Gasteiger charge is 2.48. The van der Waals surface area contributed by atoms with E-state index >= 15 is 0 Å². The summed E-state index contributed by atoms with van der Waals surface area (Å²) >= 11 is 0. The zero-order valence-corrected chi connectivity index (χ0v) is 17.6. The third-order valence-electron chi connectivity index (χ3n) is 5.28. The Labute approximate surface area is 159 Å². The van der Waals surface area contributed by atoms with Crippen molar-refractivity contribution in [1.82, 2.24) is 9.97 Å². The van der Waals surface area contributed by atoms with Gasteiger partial charge in [-0.15, -0.1) is 0 Å². The van der Waals surface area contributed by atoms with Crippen LogP contribution < -0.4 is 9.64 Å². The molecule has 2 aliphatic rings. The first kappa shape index (κ1) is 20.5. The lowest BCUT2D eigenvalue weighted by Crippen LogP contribution is -2.22. The minimum absolute atomic E-state index is 0.561. The highest BCUT2D eigenvalue weighted by molar-refractivity contribution is 5.38. The van der Waals surface area contributed by atoms with E-state index in [2.05, 4.69) is 48.6 Å². The van der Waals surface area contributed by atoms with Crippen molar-refractivity contribution in [2.24, 2.45) is 5.41 Å². The van der Waals surface area contributed by atoms with Crippen LogP contribution in [0, 0.1) is 12.3 Å². The van der Waals surface area contributed by atoms with Gasteiger partial charge in [-0.05, 0) is 64.9 Å². The van der Waals surface area contributed by atoms with Gasteiger partial charge in [0.2, 0.25) is 11.8 Å². The Kier molecular flexibility index (Phi) is 6.85. The summed E-state index contributed by atoms with van der Waals surface area (Å²) in [7, 11) is 0.